The van der Waals surface area contributed by atoms with Crippen molar-refractivity contribution in [3.05, 3.63) is 35.9 Å². The monoisotopic (exact) mass is 329 g/mol. The summed E-state index contributed by atoms with van der Waals surface area (Å²) in [6, 6.07) is 10.8. The highest BCUT2D eigenvalue weighted by Crippen LogP contribution is 2.37. The average molecular weight is 329 g/mol. The molecule has 1 heterocycles. The van der Waals surface area contributed by atoms with Crippen LogP contribution < -0.4 is 11.1 Å². The molecule has 0 aromatic heterocycles. The second-order valence-electron chi connectivity index (χ2n) is 7.72. The van der Waals surface area contributed by atoms with Gasteiger partial charge in [-0.15, -0.1) is 0 Å². The first-order valence-electron chi connectivity index (χ1n) is 9.40. The smallest absolute Gasteiger partial charge is 0.227 e. The van der Waals surface area contributed by atoms with Crippen LogP contribution in [-0.2, 0) is 11.3 Å². The third-order valence-corrected chi connectivity index (χ3v) is 6.06. The third kappa shape index (κ3) is 3.81. The maximum Gasteiger partial charge on any atom is 0.227 e. The van der Waals surface area contributed by atoms with E-state index in [-0.39, 0.29) is 17.4 Å². The Morgan fingerprint density at radius 1 is 1.33 bits per heavy atom. The van der Waals surface area contributed by atoms with Crippen molar-refractivity contribution in [2.45, 2.75) is 51.6 Å². The summed E-state index contributed by atoms with van der Waals surface area (Å²) in [5.41, 5.74) is 7.01. The molecule has 0 bridgehead atoms. The maximum atomic E-state index is 12.7. The number of carbonyl (C=O) groups excluding carboxylic acids is 1. The number of likely N-dealkylation sites (tertiary alicyclic amines) is 1. The van der Waals surface area contributed by atoms with Gasteiger partial charge in [-0.2, -0.15) is 0 Å². The first-order chi connectivity index (χ1) is 11.6. The van der Waals surface area contributed by atoms with Gasteiger partial charge < -0.3 is 11.1 Å². The average Bonchev–Trinajstić information content (AvgIpc) is 3.25. The van der Waals surface area contributed by atoms with Gasteiger partial charge in [-0.25, -0.2) is 0 Å². The van der Waals surface area contributed by atoms with Crippen LogP contribution in [0.2, 0.25) is 0 Å². The highest BCUT2D eigenvalue weighted by atomic mass is 16.2. The van der Waals surface area contributed by atoms with Crippen LogP contribution in [0.1, 0.15) is 44.6 Å². The van der Waals surface area contributed by atoms with Crippen LogP contribution in [0.4, 0.5) is 0 Å². The van der Waals surface area contributed by atoms with Crippen molar-refractivity contribution in [1.29, 1.82) is 0 Å². The molecule has 132 valence electrons. The van der Waals surface area contributed by atoms with Gasteiger partial charge in [0.05, 0.1) is 5.41 Å². The largest absolute Gasteiger partial charge is 0.353 e. The number of nitrogens with one attached hydrogen (secondary N) is 1. The Kier molecular flexibility index (Phi) is 5.57. The quantitative estimate of drug-likeness (QED) is 0.843. The number of benzene rings is 1. The molecule has 1 aromatic carbocycles. The molecule has 1 aliphatic heterocycles. The molecule has 0 radical (unpaired) electrons. The van der Waals surface area contributed by atoms with Gasteiger partial charge in [-0.1, -0.05) is 43.2 Å². The minimum absolute atomic E-state index is 0.191. The zero-order valence-corrected chi connectivity index (χ0v) is 14.8. The number of amides is 1. The fraction of sp³-hybridized carbons (Fsp3) is 0.650. The van der Waals surface area contributed by atoms with Crippen LogP contribution in [0, 0.1) is 11.3 Å². The first kappa shape index (κ1) is 17.4. The molecule has 3 rings (SSSR count). The summed E-state index contributed by atoms with van der Waals surface area (Å²) >= 11 is 0. The Bertz CT molecular complexity index is 539. The summed E-state index contributed by atoms with van der Waals surface area (Å²) in [7, 11) is 0. The Morgan fingerprint density at radius 2 is 2.04 bits per heavy atom. The molecule has 1 amide bonds. The highest BCUT2D eigenvalue weighted by molar-refractivity contribution is 5.83. The lowest BCUT2D eigenvalue weighted by molar-refractivity contribution is -0.131. The van der Waals surface area contributed by atoms with Crippen molar-refractivity contribution >= 4 is 5.91 Å². The zero-order chi connectivity index (χ0) is 17.0. The van der Waals surface area contributed by atoms with Crippen LogP contribution in [0.15, 0.2) is 30.3 Å². The molecule has 1 saturated heterocycles. The molecule has 2 atom stereocenters. The summed E-state index contributed by atoms with van der Waals surface area (Å²) in [6.45, 7) is 5.82. The molecular weight excluding hydrogens is 298 g/mol. The van der Waals surface area contributed by atoms with E-state index in [2.05, 4.69) is 47.5 Å². The molecule has 2 fully saturated rings. The van der Waals surface area contributed by atoms with Gasteiger partial charge in [0.15, 0.2) is 0 Å². The topological polar surface area (TPSA) is 58.4 Å². The van der Waals surface area contributed by atoms with E-state index >= 15 is 0 Å². The van der Waals surface area contributed by atoms with E-state index < -0.39 is 0 Å². The van der Waals surface area contributed by atoms with Gasteiger partial charge in [0.25, 0.3) is 0 Å². The van der Waals surface area contributed by atoms with Gasteiger partial charge in [-0.3, -0.25) is 9.69 Å². The number of hydrogen-bond donors (Lipinski definition) is 2. The van der Waals surface area contributed by atoms with Crippen molar-refractivity contribution in [3.8, 4) is 0 Å². The van der Waals surface area contributed by atoms with Crippen LogP contribution in [-0.4, -0.2) is 36.5 Å². The molecule has 24 heavy (non-hydrogen) atoms. The van der Waals surface area contributed by atoms with E-state index in [1.54, 1.807) is 0 Å². The predicted octanol–water partition coefficient (Wildman–Crippen LogP) is 2.53. The molecule has 0 spiro atoms. The first-order valence-corrected chi connectivity index (χ1v) is 9.40. The molecule has 1 saturated carbocycles. The fourth-order valence-electron chi connectivity index (χ4n) is 4.31. The second kappa shape index (κ2) is 7.66. The van der Waals surface area contributed by atoms with Crippen molar-refractivity contribution < 1.29 is 4.79 Å². The van der Waals surface area contributed by atoms with Crippen molar-refractivity contribution in [2.24, 2.45) is 17.1 Å². The Hall–Kier alpha value is -1.39. The standard InChI is InChI=1S/C20H31N3O/c1-16(22-19(24)20(15-21)10-5-6-11-20)18-9-12-23(14-18)13-17-7-3-2-4-8-17/h2-4,7-8,16,18H,5-6,9-15,21H2,1H3,(H,22,24). The number of hydrogen-bond acceptors (Lipinski definition) is 3. The van der Waals surface area contributed by atoms with Crippen LogP contribution in [0.5, 0.6) is 0 Å². The second-order valence-corrected chi connectivity index (χ2v) is 7.72. The minimum atomic E-state index is -0.295. The van der Waals surface area contributed by atoms with Gasteiger partial charge >= 0.3 is 0 Å². The van der Waals surface area contributed by atoms with Gasteiger partial charge in [0, 0.05) is 25.7 Å². The SMILES string of the molecule is CC(NC(=O)C1(CN)CCCC1)C1CCN(Cc2ccccc2)C1. The van der Waals surface area contributed by atoms with Crippen LogP contribution >= 0.6 is 0 Å². The molecule has 2 aliphatic rings. The maximum absolute atomic E-state index is 12.7. The van der Waals surface area contributed by atoms with E-state index in [1.165, 1.54) is 5.56 Å². The predicted molar refractivity (Wildman–Crippen MR) is 97.4 cm³/mol. The van der Waals surface area contributed by atoms with E-state index in [0.29, 0.717) is 12.5 Å². The zero-order valence-electron chi connectivity index (χ0n) is 14.8. The van der Waals surface area contributed by atoms with Crippen LogP contribution in [0.3, 0.4) is 0 Å². The lowest BCUT2D eigenvalue weighted by atomic mass is 9.84. The lowest BCUT2D eigenvalue weighted by Gasteiger charge is -2.30. The Morgan fingerprint density at radius 3 is 2.71 bits per heavy atom. The summed E-state index contributed by atoms with van der Waals surface area (Å²) in [6.07, 6.45) is 5.32. The molecule has 3 N–H and O–H groups in total. The third-order valence-electron chi connectivity index (χ3n) is 6.06. The molecule has 1 aromatic rings. The van der Waals surface area contributed by atoms with E-state index in [1.807, 2.05) is 0 Å². The normalized spacial score (nSPS) is 24.8. The molecule has 2 unspecified atom stereocenters. The number of rotatable bonds is 6. The number of nitrogens with zero attached hydrogens (tertiary/aromatic N) is 1. The molecular formula is C20H31N3O. The summed E-state index contributed by atoms with van der Waals surface area (Å²) in [5, 5.41) is 3.29. The lowest BCUT2D eigenvalue weighted by Crippen LogP contribution is -2.49. The van der Waals surface area contributed by atoms with Crippen molar-refractivity contribution in [1.82, 2.24) is 10.2 Å². The summed E-state index contributed by atoms with van der Waals surface area (Å²) < 4.78 is 0. The molecule has 4 nitrogen and oxygen atoms in total. The highest BCUT2D eigenvalue weighted by Gasteiger charge is 2.41. The minimum Gasteiger partial charge on any atom is -0.353 e. The molecule has 1 aliphatic carbocycles. The summed E-state index contributed by atoms with van der Waals surface area (Å²) in [4.78, 5) is 15.2. The van der Waals surface area contributed by atoms with Crippen LogP contribution in [0.25, 0.3) is 0 Å². The molecule has 4 heteroatoms. The Labute approximate surface area is 145 Å². The fourth-order valence-corrected chi connectivity index (χ4v) is 4.31. The summed E-state index contributed by atoms with van der Waals surface area (Å²) in [5.74, 6) is 0.727. The van der Waals surface area contributed by atoms with E-state index in [0.717, 1.165) is 51.7 Å². The van der Waals surface area contributed by atoms with Gasteiger partial charge in [0.1, 0.15) is 0 Å². The van der Waals surface area contributed by atoms with Gasteiger partial charge in [0.2, 0.25) is 5.91 Å². The van der Waals surface area contributed by atoms with E-state index in [4.69, 9.17) is 5.73 Å². The Balaban J connectivity index is 1.51. The van der Waals surface area contributed by atoms with Crippen molar-refractivity contribution in [3.63, 3.8) is 0 Å². The van der Waals surface area contributed by atoms with E-state index in [9.17, 15) is 4.79 Å². The van der Waals surface area contributed by atoms with Crippen molar-refractivity contribution in [2.75, 3.05) is 19.6 Å². The van der Waals surface area contributed by atoms with Gasteiger partial charge in [-0.05, 0) is 44.2 Å². The number of nitrogens with two attached hydrogens (primary N) is 1. The number of carbonyl (C=O) groups is 1.